The molecule has 1 aromatic heterocycles. The normalized spacial score (nSPS) is 13.1. The molecule has 1 atom stereocenters. The van der Waals surface area contributed by atoms with Gasteiger partial charge < -0.3 is 5.32 Å². The smallest absolute Gasteiger partial charge is 0.253 e. The van der Waals surface area contributed by atoms with Crippen molar-refractivity contribution < 1.29 is 13.2 Å². The standard InChI is InChI=1S/C19H26ClN3O3S2/c1-6-23(7-2)28(25,26)14-8-9-16(20)15(10-14)18(24)21-13(5)17-11-27-19(22-17)12(3)4/h8-13H,6-7H2,1-5H3,(H,21,24). The fourth-order valence-corrected chi connectivity index (χ4v) is 5.28. The maximum atomic E-state index is 12.7. The summed E-state index contributed by atoms with van der Waals surface area (Å²) in [5.41, 5.74) is 0.895. The summed E-state index contributed by atoms with van der Waals surface area (Å²) in [5.74, 6) is -0.119. The van der Waals surface area contributed by atoms with Crippen molar-refractivity contribution >= 4 is 38.9 Å². The number of aromatic nitrogens is 1. The summed E-state index contributed by atoms with van der Waals surface area (Å²) < 4.78 is 26.8. The monoisotopic (exact) mass is 443 g/mol. The van der Waals surface area contributed by atoms with E-state index in [0.717, 1.165) is 10.7 Å². The van der Waals surface area contributed by atoms with Gasteiger partial charge in [-0.3, -0.25) is 4.79 Å². The third-order valence-electron chi connectivity index (χ3n) is 4.35. The van der Waals surface area contributed by atoms with E-state index in [9.17, 15) is 13.2 Å². The Bertz CT molecular complexity index is 938. The first-order valence-corrected chi connectivity index (χ1v) is 11.9. The molecule has 0 aliphatic carbocycles. The van der Waals surface area contributed by atoms with E-state index >= 15 is 0 Å². The minimum absolute atomic E-state index is 0.0501. The fraction of sp³-hybridized carbons (Fsp3) is 0.474. The fourth-order valence-electron chi connectivity index (χ4n) is 2.66. The predicted molar refractivity (Wildman–Crippen MR) is 114 cm³/mol. The van der Waals surface area contributed by atoms with E-state index in [1.807, 2.05) is 12.3 Å². The first kappa shape index (κ1) is 22.8. The quantitative estimate of drug-likeness (QED) is 0.653. The van der Waals surface area contributed by atoms with Gasteiger partial charge in [0.1, 0.15) is 0 Å². The summed E-state index contributed by atoms with van der Waals surface area (Å²) in [6, 6.07) is 3.87. The van der Waals surface area contributed by atoms with Crippen LogP contribution in [0.1, 0.15) is 67.6 Å². The van der Waals surface area contributed by atoms with Gasteiger partial charge >= 0.3 is 0 Å². The molecule has 1 unspecified atom stereocenters. The molecular formula is C19H26ClN3O3S2. The lowest BCUT2D eigenvalue weighted by atomic mass is 10.2. The van der Waals surface area contributed by atoms with E-state index in [1.54, 1.807) is 25.2 Å². The van der Waals surface area contributed by atoms with Crippen molar-refractivity contribution in [2.24, 2.45) is 0 Å². The zero-order chi connectivity index (χ0) is 21.1. The van der Waals surface area contributed by atoms with Gasteiger partial charge in [0, 0.05) is 24.4 Å². The second-order valence-electron chi connectivity index (χ2n) is 6.69. The van der Waals surface area contributed by atoms with Gasteiger partial charge in [0.2, 0.25) is 10.0 Å². The summed E-state index contributed by atoms with van der Waals surface area (Å²) in [6.45, 7) is 10.2. The summed E-state index contributed by atoms with van der Waals surface area (Å²) >= 11 is 7.73. The zero-order valence-corrected chi connectivity index (χ0v) is 19.1. The first-order valence-electron chi connectivity index (χ1n) is 9.17. The Morgan fingerprint density at radius 3 is 2.43 bits per heavy atom. The van der Waals surface area contributed by atoms with Crippen LogP contribution in [0, 0.1) is 0 Å². The van der Waals surface area contributed by atoms with E-state index < -0.39 is 15.9 Å². The van der Waals surface area contributed by atoms with Crippen molar-refractivity contribution in [1.82, 2.24) is 14.6 Å². The molecule has 0 bridgehead atoms. The van der Waals surface area contributed by atoms with Crippen LogP contribution in [-0.4, -0.2) is 36.7 Å². The number of sulfonamides is 1. The third-order valence-corrected chi connectivity index (χ3v) is 7.89. The third kappa shape index (κ3) is 4.92. The molecule has 1 amide bonds. The van der Waals surface area contributed by atoms with Crippen LogP contribution in [0.15, 0.2) is 28.5 Å². The maximum absolute atomic E-state index is 12.7. The number of halogens is 1. The predicted octanol–water partition coefficient (Wildman–Crippen LogP) is 4.44. The van der Waals surface area contributed by atoms with Crippen LogP contribution >= 0.6 is 22.9 Å². The zero-order valence-electron chi connectivity index (χ0n) is 16.7. The number of carbonyl (C=O) groups is 1. The molecule has 0 aliphatic heterocycles. The molecule has 0 spiro atoms. The van der Waals surface area contributed by atoms with E-state index in [-0.39, 0.29) is 21.5 Å². The van der Waals surface area contributed by atoms with Crippen molar-refractivity contribution in [3.63, 3.8) is 0 Å². The Morgan fingerprint density at radius 2 is 1.89 bits per heavy atom. The van der Waals surface area contributed by atoms with Crippen LogP contribution in [-0.2, 0) is 10.0 Å². The molecule has 6 nitrogen and oxygen atoms in total. The number of hydrogen-bond acceptors (Lipinski definition) is 5. The number of hydrogen-bond donors (Lipinski definition) is 1. The van der Waals surface area contributed by atoms with Crippen molar-refractivity contribution in [3.05, 3.63) is 44.9 Å². The number of thiazole rings is 1. The largest absolute Gasteiger partial charge is 0.344 e. The minimum Gasteiger partial charge on any atom is -0.344 e. The molecule has 1 heterocycles. The first-order chi connectivity index (χ1) is 13.1. The molecule has 2 aromatic rings. The number of amides is 1. The molecule has 0 saturated heterocycles. The van der Waals surface area contributed by atoms with E-state index in [2.05, 4.69) is 24.1 Å². The lowest BCUT2D eigenvalue weighted by molar-refractivity contribution is 0.0939. The molecule has 0 saturated carbocycles. The van der Waals surface area contributed by atoms with Gasteiger partial charge in [0.15, 0.2) is 0 Å². The van der Waals surface area contributed by atoms with E-state index in [4.69, 9.17) is 11.6 Å². The second-order valence-corrected chi connectivity index (χ2v) is 9.93. The maximum Gasteiger partial charge on any atom is 0.253 e. The van der Waals surface area contributed by atoms with Crippen LogP contribution in [0.5, 0.6) is 0 Å². The molecular weight excluding hydrogens is 418 g/mol. The molecule has 1 aromatic carbocycles. The van der Waals surface area contributed by atoms with Crippen LogP contribution in [0.25, 0.3) is 0 Å². The van der Waals surface area contributed by atoms with Crippen molar-refractivity contribution in [1.29, 1.82) is 0 Å². The van der Waals surface area contributed by atoms with Gasteiger partial charge in [0.05, 0.1) is 32.2 Å². The van der Waals surface area contributed by atoms with Crippen LogP contribution in [0.4, 0.5) is 0 Å². The Kier molecular flexibility index (Phi) is 7.61. The van der Waals surface area contributed by atoms with Gasteiger partial charge in [-0.15, -0.1) is 11.3 Å². The highest BCUT2D eigenvalue weighted by atomic mass is 35.5. The topological polar surface area (TPSA) is 79.4 Å². The summed E-state index contributed by atoms with van der Waals surface area (Å²) in [7, 11) is -3.68. The Labute approximate surface area is 176 Å². The molecule has 9 heteroatoms. The van der Waals surface area contributed by atoms with Crippen LogP contribution < -0.4 is 5.32 Å². The highest BCUT2D eigenvalue weighted by Gasteiger charge is 2.24. The van der Waals surface area contributed by atoms with E-state index in [0.29, 0.717) is 19.0 Å². The summed E-state index contributed by atoms with van der Waals surface area (Å²) in [6.07, 6.45) is 0. The summed E-state index contributed by atoms with van der Waals surface area (Å²) in [5, 5.41) is 5.97. The van der Waals surface area contributed by atoms with Gasteiger partial charge in [-0.1, -0.05) is 39.3 Å². The van der Waals surface area contributed by atoms with Crippen LogP contribution in [0.2, 0.25) is 5.02 Å². The number of nitrogens with one attached hydrogen (secondary N) is 1. The van der Waals surface area contributed by atoms with Crippen molar-refractivity contribution in [2.45, 2.75) is 51.5 Å². The molecule has 0 radical (unpaired) electrons. The molecule has 2 rings (SSSR count). The Hall–Kier alpha value is -1.48. The minimum atomic E-state index is -3.68. The molecule has 0 aliphatic rings. The second kappa shape index (κ2) is 9.35. The average molecular weight is 444 g/mol. The lowest BCUT2D eigenvalue weighted by Crippen LogP contribution is -2.31. The molecule has 0 fully saturated rings. The average Bonchev–Trinajstić information content (AvgIpc) is 3.13. The summed E-state index contributed by atoms with van der Waals surface area (Å²) in [4.78, 5) is 17.3. The molecule has 28 heavy (non-hydrogen) atoms. The highest BCUT2D eigenvalue weighted by Crippen LogP contribution is 2.25. The Morgan fingerprint density at radius 1 is 1.25 bits per heavy atom. The molecule has 1 N–H and O–H groups in total. The SMILES string of the molecule is CCN(CC)S(=O)(=O)c1ccc(Cl)c(C(=O)NC(C)c2csc(C(C)C)n2)c1. The van der Waals surface area contributed by atoms with E-state index in [1.165, 1.54) is 22.5 Å². The van der Waals surface area contributed by atoms with Gasteiger partial charge in [-0.25, -0.2) is 13.4 Å². The lowest BCUT2D eigenvalue weighted by Gasteiger charge is -2.19. The number of benzene rings is 1. The highest BCUT2D eigenvalue weighted by molar-refractivity contribution is 7.89. The van der Waals surface area contributed by atoms with Crippen molar-refractivity contribution in [2.75, 3.05) is 13.1 Å². The van der Waals surface area contributed by atoms with Gasteiger partial charge in [0.25, 0.3) is 5.91 Å². The number of carbonyl (C=O) groups excluding carboxylic acids is 1. The van der Waals surface area contributed by atoms with Gasteiger partial charge in [-0.05, 0) is 25.1 Å². The number of nitrogens with zero attached hydrogens (tertiary/aromatic N) is 2. The van der Waals surface area contributed by atoms with Crippen molar-refractivity contribution in [3.8, 4) is 0 Å². The van der Waals surface area contributed by atoms with Crippen LogP contribution in [0.3, 0.4) is 0 Å². The number of rotatable bonds is 8. The Balaban J connectivity index is 2.27. The molecule has 154 valence electrons. The van der Waals surface area contributed by atoms with Gasteiger partial charge in [-0.2, -0.15) is 4.31 Å².